The van der Waals surface area contributed by atoms with Crippen molar-refractivity contribution >= 4 is 23.4 Å². The van der Waals surface area contributed by atoms with E-state index in [0.717, 1.165) is 11.0 Å². The Kier molecular flexibility index (Phi) is 5.00. The van der Waals surface area contributed by atoms with Crippen molar-refractivity contribution in [1.29, 1.82) is 0 Å². The molecule has 3 rings (SSSR count). The Bertz CT molecular complexity index is 946. The van der Waals surface area contributed by atoms with E-state index < -0.39 is 22.9 Å². The first-order valence-corrected chi connectivity index (χ1v) is 7.79. The zero-order chi connectivity index (χ0) is 19.6. The molecule has 1 amide bonds. The fraction of sp³-hybridized carbons (Fsp3) is 0.125. The molecule has 3 aromatic rings. The van der Waals surface area contributed by atoms with Gasteiger partial charge in [-0.3, -0.25) is 4.90 Å². The van der Waals surface area contributed by atoms with Gasteiger partial charge in [0.15, 0.2) is 0 Å². The Morgan fingerprint density at radius 2 is 1.89 bits per heavy atom. The van der Waals surface area contributed by atoms with Gasteiger partial charge in [0.1, 0.15) is 12.1 Å². The number of ether oxygens (including phenoxy) is 1. The highest BCUT2D eigenvalue weighted by molar-refractivity contribution is 6.31. The molecule has 0 N–H and O–H groups in total. The second-order valence-electron chi connectivity index (χ2n) is 5.34. The highest BCUT2D eigenvalue weighted by atomic mass is 35.5. The van der Waals surface area contributed by atoms with E-state index in [0.29, 0.717) is 17.4 Å². The van der Waals surface area contributed by atoms with Crippen molar-refractivity contribution in [3.8, 4) is 11.4 Å². The van der Waals surface area contributed by atoms with Crippen LogP contribution in [0.2, 0.25) is 5.02 Å². The number of aromatic nitrogens is 4. The molecule has 2 aromatic carbocycles. The van der Waals surface area contributed by atoms with E-state index in [1.807, 2.05) is 0 Å². The van der Waals surface area contributed by atoms with Gasteiger partial charge in [0.2, 0.25) is 0 Å². The molecule has 0 saturated heterocycles. The predicted molar refractivity (Wildman–Crippen MR) is 90.0 cm³/mol. The molecule has 1 aromatic heterocycles. The number of alkyl halides is 3. The largest absolute Gasteiger partial charge is 0.419 e. The zero-order valence-electron chi connectivity index (χ0n) is 13.7. The molecule has 0 spiro atoms. The van der Waals surface area contributed by atoms with Crippen molar-refractivity contribution in [1.82, 2.24) is 20.2 Å². The first-order chi connectivity index (χ1) is 12.8. The van der Waals surface area contributed by atoms with Gasteiger partial charge in [-0.25, -0.2) is 9.48 Å². The van der Waals surface area contributed by atoms with Crippen LogP contribution in [0.1, 0.15) is 5.56 Å². The normalized spacial score (nSPS) is 11.3. The second-order valence-corrected chi connectivity index (χ2v) is 5.74. The molecule has 0 atom stereocenters. The summed E-state index contributed by atoms with van der Waals surface area (Å²) >= 11 is 5.55. The van der Waals surface area contributed by atoms with Crippen LogP contribution in [0, 0.1) is 0 Å². The van der Waals surface area contributed by atoms with E-state index in [1.165, 1.54) is 24.1 Å². The number of benzene rings is 2. The predicted octanol–water partition coefficient (Wildman–Crippen LogP) is 3.97. The van der Waals surface area contributed by atoms with Gasteiger partial charge in [-0.15, -0.1) is 5.10 Å². The van der Waals surface area contributed by atoms with Crippen molar-refractivity contribution in [3.63, 3.8) is 0 Å². The fourth-order valence-electron chi connectivity index (χ4n) is 2.17. The van der Waals surface area contributed by atoms with E-state index in [1.54, 1.807) is 24.3 Å². The van der Waals surface area contributed by atoms with Crippen LogP contribution in [0.15, 0.2) is 48.8 Å². The van der Waals surface area contributed by atoms with Crippen LogP contribution in [0.4, 0.5) is 23.7 Å². The average molecular weight is 398 g/mol. The number of hydrogen-bond donors (Lipinski definition) is 0. The maximum Gasteiger partial charge on any atom is 0.419 e. The van der Waals surface area contributed by atoms with Crippen LogP contribution >= 0.6 is 11.6 Å². The van der Waals surface area contributed by atoms with Gasteiger partial charge in [0.05, 0.1) is 16.3 Å². The van der Waals surface area contributed by atoms with Crippen LogP contribution in [0.5, 0.6) is 5.75 Å². The van der Waals surface area contributed by atoms with Gasteiger partial charge in [-0.1, -0.05) is 11.6 Å². The maximum atomic E-state index is 12.9. The molecule has 0 bridgehead atoms. The number of halogens is 4. The number of carbonyl (C=O) groups excluding carboxylic acids is 1. The van der Waals surface area contributed by atoms with Crippen molar-refractivity contribution in [2.75, 3.05) is 11.9 Å². The molecule has 140 valence electrons. The number of carbonyl (C=O) groups is 1. The third-order valence-corrected chi connectivity index (χ3v) is 3.90. The molecule has 7 nitrogen and oxygen atoms in total. The van der Waals surface area contributed by atoms with Crippen LogP contribution < -0.4 is 9.64 Å². The summed E-state index contributed by atoms with van der Waals surface area (Å²) in [7, 11) is 1.43. The number of anilines is 1. The topological polar surface area (TPSA) is 73.1 Å². The second kappa shape index (κ2) is 7.23. The molecular formula is C16H11ClF3N5O2. The van der Waals surface area contributed by atoms with Crippen molar-refractivity contribution in [2.24, 2.45) is 0 Å². The molecule has 0 unspecified atom stereocenters. The van der Waals surface area contributed by atoms with Gasteiger partial charge < -0.3 is 4.74 Å². The minimum absolute atomic E-state index is 0.270. The van der Waals surface area contributed by atoms with E-state index in [-0.39, 0.29) is 5.75 Å². The quantitative estimate of drug-likeness (QED) is 0.668. The molecule has 0 radical (unpaired) electrons. The molecule has 0 aliphatic rings. The molecule has 0 saturated carbocycles. The van der Waals surface area contributed by atoms with E-state index in [4.69, 9.17) is 16.3 Å². The van der Waals surface area contributed by atoms with E-state index in [2.05, 4.69) is 15.5 Å². The molecular weight excluding hydrogens is 387 g/mol. The standard InChI is InChI=1S/C16H11ClF3N5O2/c1-24(10-2-4-11(5-3-10)25-9-21-22-23-25)15(26)27-12-6-7-14(17)13(8-12)16(18,19)20/h2-9H,1H3. The number of hydrogen-bond acceptors (Lipinski definition) is 5. The molecule has 0 fully saturated rings. The summed E-state index contributed by atoms with van der Waals surface area (Å²) in [6.07, 6.45) is -4.11. The molecule has 1 heterocycles. The Balaban J connectivity index is 1.74. The summed E-state index contributed by atoms with van der Waals surface area (Å²) in [6, 6.07) is 9.44. The minimum atomic E-state index is -4.66. The van der Waals surface area contributed by atoms with Gasteiger partial charge in [0, 0.05) is 12.7 Å². The highest BCUT2D eigenvalue weighted by Crippen LogP contribution is 2.36. The number of amides is 1. The molecule has 27 heavy (non-hydrogen) atoms. The lowest BCUT2D eigenvalue weighted by molar-refractivity contribution is -0.137. The Labute approximate surface area is 155 Å². The monoisotopic (exact) mass is 397 g/mol. The number of tetrazole rings is 1. The Hall–Kier alpha value is -3.14. The lowest BCUT2D eigenvalue weighted by atomic mass is 10.2. The number of nitrogens with zero attached hydrogens (tertiary/aromatic N) is 5. The SMILES string of the molecule is CN(C(=O)Oc1ccc(Cl)c(C(F)(F)F)c1)c1ccc(-n2cnnn2)cc1. The van der Waals surface area contributed by atoms with Gasteiger partial charge in [-0.2, -0.15) is 13.2 Å². The van der Waals surface area contributed by atoms with Crippen LogP contribution in [0.25, 0.3) is 5.69 Å². The van der Waals surface area contributed by atoms with Gasteiger partial charge in [-0.05, 0) is 52.9 Å². The summed E-state index contributed by atoms with van der Waals surface area (Å²) in [4.78, 5) is 13.4. The molecule has 11 heteroatoms. The van der Waals surface area contributed by atoms with Crippen molar-refractivity contribution in [3.05, 3.63) is 59.4 Å². The summed E-state index contributed by atoms with van der Waals surface area (Å²) in [5.74, 6) is -0.270. The molecule has 0 aliphatic heterocycles. The highest BCUT2D eigenvalue weighted by Gasteiger charge is 2.33. The average Bonchev–Trinajstić information content (AvgIpc) is 3.16. The molecule has 0 aliphatic carbocycles. The van der Waals surface area contributed by atoms with Crippen molar-refractivity contribution in [2.45, 2.75) is 6.18 Å². The fourth-order valence-corrected chi connectivity index (χ4v) is 2.39. The van der Waals surface area contributed by atoms with Crippen LogP contribution in [0.3, 0.4) is 0 Å². The first kappa shape index (κ1) is 18.6. The summed E-state index contributed by atoms with van der Waals surface area (Å²) in [6.45, 7) is 0. The maximum absolute atomic E-state index is 12.9. The van der Waals surface area contributed by atoms with Gasteiger partial charge >= 0.3 is 12.3 Å². The minimum Gasteiger partial charge on any atom is -0.410 e. The first-order valence-electron chi connectivity index (χ1n) is 7.41. The van der Waals surface area contributed by atoms with Gasteiger partial charge in [0.25, 0.3) is 0 Å². The lowest BCUT2D eigenvalue weighted by Gasteiger charge is -2.18. The summed E-state index contributed by atoms with van der Waals surface area (Å²) in [5, 5.41) is 10.3. The van der Waals surface area contributed by atoms with Crippen LogP contribution in [-0.2, 0) is 6.18 Å². The summed E-state index contributed by atoms with van der Waals surface area (Å²) in [5.41, 5.74) is 0.0442. The number of rotatable bonds is 3. The van der Waals surface area contributed by atoms with Crippen molar-refractivity contribution < 1.29 is 22.7 Å². The third-order valence-electron chi connectivity index (χ3n) is 3.57. The zero-order valence-corrected chi connectivity index (χ0v) is 14.4. The van der Waals surface area contributed by atoms with E-state index >= 15 is 0 Å². The third kappa shape index (κ3) is 4.17. The Morgan fingerprint density at radius 1 is 1.19 bits per heavy atom. The lowest BCUT2D eigenvalue weighted by Crippen LogP contribution is -2.29. The van der Waals surface area contributed by atoms with E-state index in [9.17, 15) is 18.0 Å². The smallest absolute Gasteiger partial charge is 0.410 e. The summed E-state index contributed by atoms with van der Waals surface area (Å²) < 4.78 is 45.1. The Morgan fingerprint density at radius 3 is 2.48 bits per heavy atom. The van der Waals surface area contributed by atoms with Crippen LogP contribution in [-0.4, -0.2) is 33.3 Å².